The summed E-state index contributed by atoms with van der Waals surface area (Å²) in [7, 11) is 0. The zero-order valence-electron chi connectivity index (χ0n) is 15.0. The van der Waals surface area contributed by atoms with E-state index < -0.39 is 12.0 Å². The molecule has 0 aliphatic heterocycles. The molecule has 26 heavy (non-hydrogen) atoms. The lowest BCUT2D eigenvalue weighted by Crippen LogP contribution is -2.30. The highest BCUT2D eigenvalue weighted by Gasteiger charge is 2.22. The highest BCUT2D eigenvalue weighted by molar-refractivity contribution is 7.98. The van der Waals surface area contributed by atoms with Crippen molar-refractivity contribution in [3.63, 3.8) is 0 Å². The molecule has 0 aromatic carbocycles. The third-order valence-electron chi connectivity index (χ3n) is 4.52. The average molecular weight is 374 g/mol. The average Bonchev–Trinajstić information content (AvgIpc) is 3.22. The molecule has 0 unspecified atom stereocenters. The van der Waals surface area contributed by atoms with Gasteiger partial charge in [0.15, 0.2) is 0 Å². The van der Waals surface area contributed by atoms with E-state index in [1.54, 1.807) is 18.0 Å². The number of rotatable bonds is 8. The van der Waals surface area contributed by atoms with E-state index in [0.29, 0.717) is 18.8 Å². The van der Waals surface area contributed by atoms with Crippen LogP contribution in [0, 0.1) is 13.8 Å². The van der Waals surface area contributed by atoms with Gasteiger partial charge in [-0.1, -0.05) is 0 Å². The number of carboxylic acids is 1. The first kappa shape index (κ1) is 18.3. The molecule has 7 nitrogen and oxygen atoms in total. The fraction of sp³-hybridized carbons (Fsp3) is 0.389. The zero-order chi connectivity index (χ0) is 18.7. The highest BCUT2D eigenvalue weighted by Crippen LogP contribution is 2.30. The van der Waals surface area contributed by atoms with Crippen molar-refractivity contribution >= 4 is 34.6 Å². The van der Waals surface area contributed by atoms with Crippen molar-refractivity contribution in [2.75, 3.05) is 17.3 Å². The van der Waals surface area contributed by atoms with Crippen LogP contribution in [0.4, 0.5) is 5.82 Å². The van der Waals surface area contributed by atoms with Crippen molar-refractivity contribution in [3.05, 3.63) is 41.7 Å². The number of carbonyl (C=O) groups is 1. The molecule has 0 saturated heterocycles. The van der Waals surface area contributed by atoms with Gasteiger partial charge < -0.3 is 19.4 Å². The lowest BCUT2D eigenvalue weighted by molar-refractivity contribution is -0.137. The number of nitrogens with zero attached hydrogens (tertiary/aromatic N) is 3. The maximum atomic E-state index is 11.6. The summed E-state index contributed by atoms with van der Waals surface area (Å²) in [5, 5.41) is 13.5. The molecule has 0 amide bonds. The molecule has 0 saturated carbocycles. The SMILES string of the molecule is CSCC[C@@H](Nc1ncnc2c1c(C)c(C)n2Cc1ccco1)C(=O)O. The van der Waals surface area contributed by atoms with Gasteiger partial charge in [-0.2, -0.15) is 11.8 Å². The fourth-order valence-electron chi connectivity index (χ4n) is 2.99. The zero-order valence-corrected chi connectivity index (χ0v) is 15.8. The van der Waals surface area contributed by atoms with Crippen LogP contribution in [-0.4, -0.2) is 43.7 Å². The normalized spacial score (nSPS) is 12.4. The molecule has 1 atom stereocenters. The smallest absolute Gasteiger partial charge is 0.326 e. The van der Waals surface area contributed by atoms with Gasteiger partial charge in [0.05, 0.1) is 18.2 Å². The van der Waals surface area contributed by atoms with Gasteiger partial charge in [-0.05, 0) is 50.0 Å². The minimum absolute atomic E-state index is 0.521. The van der Waals surface area contributed by atoms with Crippen LogP contribution in [0.3, 0.4) is 0 Å². The molecule has 8 heteroatoms. The predicted octanol–water partition coefficient (Wildman–Crippen LogP) is 3.31. The summed E-state index contributed by atoms with van der Waals surface area (Å²) in [5.41, 5.74) is 2.85. The quantitative estimate of drug-likeness (QED) is 0.625. The Labute approximate surface area is 155 Å². The van der Waals surface area contributed by atoms with Crippen LogP contribution < -0.4 is 5.32 Å². The Balaban J connectivity index is 2.01. The molecule has 0 aliphatic rings. The standard InChI is InChI=1S/C18H22N4O3S/c1-11-12(2)22(9-13-5-4-7-25-13)17-15(11)16(19-10-20-17)21-14(18(23)24)6-8-26-3/h4-5,7,10,14H,6,8-9H2,1-3H3,(H,23,24)(H,19,20,21)/t14-/m1/s1. The van der Waals surface area contributed by atoms with Crippen molar-refractivity contribution in [2.45, 2.75) is 32.9 Å². The third kappa shape index (κ3) is 3.55. The van der Waals surface area contributed by atoms with Gasteiger partial charge in [0, 0.05) is 5.69 Å². The van der Waals surface area contributed by atoms with Crippen LogP contribution >= 0.6 is 11.8 Å². The lowest BCUT2D eigenvalue weighted by atomic mass is 10.2. The van der Waals surface area contributed by atoms with E-state index in [9.17, 15) is 9.90 Å². The summed E-state index contributed by atoms with van der Waals surface area (Å²) in [4.78, 5) is 20.3. The lowest BCUT2D eigenvalue weighted by Gasteiger charge is -2.15. The molecular formula is C18H22N4O3S. The Hall–Kier alpha value is -2.48. The minimum Gasteiger partial charge on any atom is -0.480 e. The molecule has 0 aliphatic carbocycles. The molecule has 0 radical (unpaired) electrons. The second kappa shape index (κ2) is 7.82. The Kier molecular flexibility index (Phi) is 5.51. The second-order valence-electron chi connectivity index (χ2n) is 6.11. The van der Waals surface area contributed by atoms with Gasteiger partial charge in [-0.15, -0.1) is 0 Å². The maximum absolute atomic E-state index is 11.6. The van der Waals surface area contributed by atoms with Gasteiger partial charge in [0.25, 0.3) is 0 Å². The molecule has 3 heterocycles. The fourth-order valence-corrected chi connectivity index (χ4v) is 3.46. The Morgan fingerprint density at radius 3 is 2.88 bits per heavy atom. The van der Waals surface area contributed by atoms with Crippen molar-refractivity contribution in [2.24, 2.45) is 0 Å². The van der Waals surface area contributed by atoms with E-state index in [-0.39, 0.29) is 0 Å². The van der Waals surface area contributed by atoms with Gasteiger partial charge in [-0.25, -0.2) is 14.8 Å². The molecule has 138 valence electrons. The van der Waals surface area contributed by atoms with Gasteiger partial charge in [0.2, 0.25) is 0 Å². The van der Waals surface area contributed by atoms with Crippen LogP contribution in [0.2, 0.25) is 0 Å². The van der Waals surface area contributed by atoms with E-state index in [0.717, 1.165) is 33.8 Å². The predicted molar refractivity (Wildman–Crippen MR) is 103 cm³/mol. The number of thioether (sulfide) groups is 1. The topological polar surface area (TPSA) is 93.2 Å². The molecule has 0 fully saturated rings. The monoisotopic (exact) mass is 374 g/mol. The van der Waals surface area contributed by atoms with E-state index in [1.165, 1.54) is 6.33 Å². The molecule has 3 rings (SSSR count). The summed E-state index contributed by atoms with van der Waals surface area (Å²) in [6, 6.07) is 3.09. The van der Waals surface area contributed by atoms with E-state index in [1.807, 2.05) is 32.2 Å². The number of carboxylic acid groups (broad SMARTS) is 1. The molecule has 0 bridgehead atoms. The number of aliphatic carboxylic acids is 1. The number of hydrogen-bond donors (Lipinski definition) is 2. The number of aromatic nitrogens is 3. The highest BCUT2D eigenvalue weighted by atomic mass is 32.2. The number of aryl methyl sites for hydroxylation is 1. The molecule has 0 spiro atoms. The van der Waals surface area contributed by atoms with E-state index in [4.69, 9.17) is 4.42 Å². The number of hydrogen-bond acceptors (Lipinski definition) is 6. The molecule has 3 aromatic rings. The summed E-state index contributed by atoms with van der Waals surface area (Å²) in [6.07, 6.45) is 5.60. The largest absolute Gasteiger partial charge is 0.480 e. The summed E-state index contributed by atoms with van der Waals surface area (Å²) in [6.45, 7) is 4.59. The van der Waals surface area contributed by atoms with Gasteiger partial charge in [-0.3, -0.25) is 0 Å². The van der Waals surface area contributed by atoms with Gasteiger partial charge in [0.1, 0.15) is 29.6 Å². The Morgan fingerprint density at radius 2 is 2.23 bits per heavy atom. The van der Waals surface area contributed by atoms with E-state index in [2.05, 4.69) is 19.9 Å². The Morgan fingerprint density at radius 1 is 1.42 bits per heavy atom. The summed E-state index contributed by atoms with van der Waals surface area (Å²) >= 11 is 1.62. The summed E-state index contributed by atoms with van der Waals surface area (Å²) in [5.74, 6) is 1.27. The van der Waals surface area contributed by atoms with Gasteiger partial charge >= 0.3 is 5.97 Å². The summed E-state index contributed by atoms with van der Waals surface area (Å²) < 4.78 is 7.52. The van der Waals surface area contributed by atoms with Crippen LogP contribution in [0.5, 0.6) is 0 Å². The third-order valence-corrected chi connectivity index (χ3v) is 5.16. The number of furan rings is 1. The first-order valence-corrected chi connectivity index (χ1v) is 9.73. The minimum atomic E-state index is -0.879. The second-order valence-corrected chi connectivity index (χ2v) is 7.10. The maximum Gasteiger partial charge on any atom is 0.326 e. The number of fused-ring (bicyclic) bond motifs is 1. The van der Waals surface area contributed by atoms with Crippen LogP contribution in [-0.2, 0) is 11.3 Å². The molecule has 2 N–H and O–H groups in total. The Bertz CT molecular complexity index is 905. The van der Waals surface area contributed by atoms with Crippen LogP contribution in [0.1, 0.15) is 23.4 Å². The first-order valence-electron chi connectivity index (χ1n) is 8.34. The van der Waals surface area contributed by atoms with Crippen LogP contribution in [0.25, 0.3) is 11.0 Å². The van der Waals surface area contributed by atoms with Crippen molar-refractivity contribution in [3.8, 4) is 0 Å². The van der Waals surface area contributed by atoms with Crippen molar-refractivity contribution in [1.29, 1.82) is 0 Å². The molecular weight excluding hydrogens is 352 g/mol. The van der Waals surface area contributed by atoms with Crippen molar-refractivity contribution in [1.82, 2.24) is 14.5 Å². The number of nitrogens with one attached hydrogen (secondary N) is 1. The van der Waals surface area contributed by atoms with Crippen molar-refractivity contribution < 1.29 is 14.3 Å². The molecule has 3 aromatic heterocycles. The van der Waals surface area contributed by atoms with E-state index >= 15 is 0 Å². The number of anilines is 1. The first-order chi connectivity index (χ1) is 12.5. The van der Waals surface area contributed by atoms with Crippen LogP contribution in [0.15, 0.2) is 29.1 Å².